The minimum atomic E-state index is -1.24. The number of hydrogen-bond donors (Lipinski definition) is 0. The highest BCUT2D eigenvalue weighted by Gasteiger charge is 2.53. The molecule has 1 aliphatic rings. The number of carbonyl (C=O) groups excluding carboxylic acids is 4. The molecule has 0 N–H and O–H groups in total. The van der Waals surface area contributed by atoms with Crippen LogP contribution in [0.15, 0.2) is 18.2 Å². The summed E-state index contributed by atoms with van der Waals surface area (Å²) in [6.45, 7) is 4.46. The zero-order valence-corrected chi connectivity index (χ0v) is 20.6. The van der Waals surface area contributed by atoms with Crippen LogP contribution in [-0.4, -0.2) is 62.0 Å². The molecule has 5 atom stereocenters. The largest absolute Gasteiger partial charge is 0.496 e. The van der Waals surface area contributed by atoms with Crippen LogP contribution in [0.25, 0.3) is 0 Å². The number of methoxy groups -OCH3 is 1. The van der Waals surface area contributed by atoms with Gasteiger partial charge < -0.3 is 28.4 Å². The number of hydrogen-bond acceptors (Lipinski definition) is 10. The second kappa shape index (κ2) is 12.0. The van der Waals surface area contributed by atoms with Gasteiger partial charge in [-0.3, -0.25) is 19.2 Å². The SMILES string of the molecule is COc1ccc(CBr)cc1[C@@H]1OC(COC(C)=O)[C@@H](OC(C)=O)[C@H](OC(C)=O)[C@@H]1OC(C)=O. The van der Waals surface area contributed by atoms with Gasteiger partial charge in [-0.2, -0.15) is 0 Å². The number of carbonyl (C=O) groups is 4. The first-order valence-corrected chi connectivity index (χ1v) is 11.2. The van der Waals surface area contributed by atoms with Crippen molar-refractivity contribution >= 4 is 39.8 Å². The maximum Gasteiger partial charge on any atom is 0.303 e. The normalized spacial score (nSPS) is 24.4. The number of alkyl halides is 1. The molecule has 1 aromatic carbocycles. The van der Waals surface area contributed by atoms with Crippen molar-refractivity contribution in [3.63, 3.8) is 0 Å². The fourth-order valence-corrected chi connectivity index (χ4v) is 3.92. The highest BCUT2D eigenvalue weighted by atomic mass is 79.9. The smallest absolute Gasteiger partial charge is 0.303 e. The quantitative estimate of drug-likeness (QED) is 0.281. The first-order chi connectivity index (χ1) is 15.6. The zero-order valence-electron chi connectivity index (χ0n) is 19.0. The monoisotopic (exact) mass is 530 g/mol. The molecule has 0 bridgehead atoms. The molecule has 1 aliphatic heterocycles. The Kier molecular flexibility index (Phi) is 9.66. The fourth-order valence-electron chi connectivity index (χ4n) is 3.57. The highest BCUT2D eigenvalue weighted by Crippen LogP contribution is 2.41. The topological polar surface area (TPSA) is 124 Å². The Morgan fingerprint density at radius 1 is 0.879 bits per heavy atom. The van der Waals surface area contributed by atoms with Crippen molar-refractivity contribution in [1.82, 2.24) is 0 Å². The lowest BCUT2D eigenvalue weighted by atomic mass is 9.89. The molecule has 0 spiro atoms. The summed E-state index contributed by atoms with van der Waals surface area (Å²) >= 11 is 3.40. The van der Waals surface area contributed by atoms with Crippen LogP contribution in [0.1, 0.15) is 44.9 Å². The molecule has 1 unspecified atom stereocenters. The molecule has 11 heteroatoms. The predicted molar refractivity (Wildman–Crippen MR) is 117 cm³/mol. The molecule has 0 aromatic heterocycles. The van der Waals surface area contributed by atoms with Crippen LogP contribution in [0.4, 0.5) is 0 Å². The van der Waals surface area contributed by atoms with Gasteiger partial charge in [0.1, 0.15) is 24.6 Å². The minimum Gasteiger partial charge on any atom is -0.496 e. The highest BCUT2D eigenvalue weighted by molar-refractivity contribution is 9.08. The standard InChI is InChI=1S/C22H27BrO10/c1-11(24)29-10-18-20(30-12(2)25)22(32-14(4)27)21(31-13(3)26)19(33-18)16-8-15(9-23)6-7-17(16)28-5/h6-8,18-22H,9-10H2,1-5H3/t18?,19-,20+,21+,22-/m0/s1. The van der Waals surface area contributed by atoms with Crippen molar-refractivity contribution < 1.29 is 47.6 Å². The van der Waals surface area contributed by atoms with E-state index >= 15 is 0 Å². The third-order valence-corrected chi connectivity index (χ3v) is 5.39. The molecular weight excluding hydrogens is 504 g/mol. The molecule has 0 radical (unpaired) electrons. The molecule has 0 saturated carbocycles. The minimum absolute atomic E-state index is 0.297. The second-order valence-corrected chi connectivity index (χ2v) is 7.89. The third kappa shape index (κ3) is 7.16. The van der Waals surface area contributed by atoms with E-state index in [9.17, 15) is 19.2 Å². The van der Waals surface area contributed by atoms with Gasteiger partial charge in [-0.15, -0.1) is 0 Å². The molecule has 1 fully saturated rings. The van der Waals surface area contributed by atoms with Crippen LogP contribution in [0.3, 0.4) is 0 Å². The fraction of sp³-hybridized carbons (Fsp3) is 0.545. The maximum atomic E-state index is 12.0. The van der Waals surface area contributed by atoms with Crippen LogP contribution in [0.2, 0.25) is 0 Å². The number of esters is 4. The lowest BCUT2D eigenvalue weighted by Crippen LogP contribution is -2.59. The van der Waals surface area contributed by atoms with Gasteiger partial charge >= 0.3 is 23.9 Å². The molecule has 182 valence electrons. The van der Waals surface area contributed by atoms with E-state index in [0.717, 1.165) is 5.56 Å². The second-order valence-electron chi connectivity index (χ2n) is 7.33. The summed E-state index contributed by atoms with van der Waals surface area (Å²) in [5.41, 5.74) is 1.38. The molecule has 0 aliphatic carbocycles. The van der Waals surface area contributed by atoms with Gasteiger partial charge in [-0.25, -0.2) is 0 Å². The van der Waals surface area contributed by atoms with Gasteiger partial charge in [0.05, 0.1) is 7.11 Å². The van der Waals surface area contributed by atoms with Crippen LogP contribution in [0.5, 0.6) is 5.75 Å². The van der Waals surface area contributed by atoms with Crippen LogP contribution >= 0.6 is 15.9 Å². The Morgan fingerprint density at radius 2 is 1.45 bits per heavy atom. The zero-order chi connectivity index (χ0) is 24.7. The predicted octanol–water partition coefficient (Wildman–Crippen LogP) is 2.39. The summed E-state index contributed by atoms with van der Waals surface area (Å²) in [5, 5.41) is 0.523. The number of halogens is 1. The van der Waals surface area contributed by atoms with Gasteiger partial charge in [0.2, 0.25) is 0 Å². The number of benzene rings is 1. The molecule has 10 nitrogen and oxygen atoms in total. The van der Waals surface area contributed by atoms with Crippen LogP contribution < -0.4 is 4.74 Å². The summed E-state index contributed by atoms with van der Waals surface area (Å²) < 4.78 is 33.2. The summed E-state index contributed by atoms with van der Waals surface area (Å²) in [7, 11) is 1.47. The van der Waals surface area contributed by atoms with Gasteiger partial charge in [0.15, 0.2) is 18.3 Å². The van der Waals surface area contributed by atoms with E-state index in [0.29, 0.717) is 16.6 Å². The molecule has 2 rings (SSSR count). The Balaban J connectivity index is 2.65. The van der Waals surface area contributed by atoms with Crippen LogP contribution in [-0.2, 0) is 48.2 Å². The Morgan fingerprint density at radius 3 is 1.97 bits per heavy atom. The van der Waals surface area contributed by atoms with E-state index in [1.807, 2.05) is 6.07 Å². The van der Waals surface area contributed by atoms with Gasteiger partial charge in [0, 0.05) is 38.6 Å². The molecule has 0 amide bonds. The summed E-state index contributed by atoms with van der Waals surface area (Å²) in [5.74, 6) is -2.20. The first-order valence-electron chi connectivity index (χ1n) is 10.1. The van der Waals surface area contributed by atoms with E-state index in [1.54, 1.807) is 12.1 Å². The lowest BCUT2D eigenvalue weighted by molar-refractivity contribution is -0.254. The van der Waals surface area contributed by atoms with Crippen molar-refractivity contribution in [2.75, 3.05) is 13.7 Å². The summed E-state index contributed by atoms with van der Waals surface area (Å²) in [6.07, 6.45) is -5.68. The van der Waals surface area contributed by atoms with Gasteiger partial charge in [0.25, 0.3) is 0 Å². The summed E-state index contributed by atoms with van der Waals surface area (Å²) in [6, 6.07) is 5.34. The average molecular weight is 531 g/mol. The molecule has 1 heterocycles. The van der Waals surface area contributed by atoms with E-state index in [1.165, 1.54) is 34.8 Å². The Bertz CT molecular complexity index is 886. The Labute approximate surface area is 199 Å². The Hall–Kier alpha value is -2.66. The maximum absolute atomic E-state index is 12.0. The van der Waals surface area contributed by atoms with Gasteiger partial charge in [-0.1, -0.05) is 22.0 Å². The van der Waals surface area contributed by atoms with Gasteiger partial charge in [-0.05, 0) is 17.7 Å². The lowest BCUT2D eigenvalue weighted by Gasteiger charge is -2.44. The number of rotatable bonds is 8. The molecule has 1 aromatic rings. The van der Waals surface area contributed by atoms with E-state index < -0.39 is 54.4 Å². The van der Waals surface area contributed by atoms with E-state index in [4.69, 9.17) is 28.4 Å². The molecular formula is C22H27BrO10. The van der Waals surface area contributed by atoms with E-state index in [2.05, 4.69) is 15.9 Å². The third-order valence-electron chi connectivity index (χ3n) is 4.75. The van der Waals surface area contributed by atoms with Crippen LogP contribution in [0, 0.1) is 0 Å². The number of ether oxygens (including phenoxy) is 6. The molecule has 1 saturated heterocycles. The van der Waals surface area contributed by atoms with E-state index in [-0.39, 0.29) is 6.61 Å². The van der Waals surface area contributed by atoms with Crippen molar-refractivity contribution in [2.24, 2.45) is 0 Å². The van der Waals surface area contributed by atoms with Crippen molar-refractivity contribution in [1.29, 1.82) is 0 Å². The first kappa shape index (κ1) is 26.6. The van der Waals surface area contributed by atoms with Crippen molar-refractivity contribution in [2.45, 2.75) is 63.5 Å². The summed E-state index contributed by atoms with van der Waals surface area (Å²) in [4.78, 5) is 47.2. The van der Waals surface area contributed by atoms with Crippen molar-refractivity contribution in [3.8, 4) is 5.75 Å². The average Bonchev–Trinajstić information content (AvgIpc) is 2.73. The molecule has 33 heavy (non-hydrogen) atoms. The van der Waals surface area contributed by atoms with Crippen molar-refractivity contribution in [3.05, 3.63) is 29.3 Å².